The largest absolute Gasteiger partial charge is 0.465 e. The van der Waals surface area contributed by atoms with Gasteiger partial charge in [-0.15, -0.1) is 0 Å². The minimum atomic E-state index is -0.685. The predicted octanol–water partition coefficient (Wildman–Crippen LogP) is 0.624. The van der Waals surface area contributed by atoms with Crippen LogP contribution < -0.4 is 9.80 Å². The van der Waals surface area contributed by atoms with E-state index in [1.54, 1.807) is 6.07 Å². The maximum atomic E-state index is 11.5. The molecule has 0 radical (unpaired) electrons. The van der Waals surface area contributed by atoms with Crippen LogP contribution in [0.1, 0.15) is 5.56 Å². The first-order valence-electron chi connectivity index (χ1n) is 7.46. The molecule has 0 spiro atoms. The highest BCUT2D eigenvalue weighted by molar-refractivity contribution is 5.98. The van der Waals surface area contributed by atoms with Gasteiger partial charge in [-0.1, -0.05) is 6.07 Å². The molecule has 0 aliphatic rings. The lowest BCUT2D eigenvalue weighted by Crippen LogP contribution is -2.31. The van der Waals surface area contributed by atoms with Crippen LogP contribution in [0.4, 0.5) is 11.4 Å². The van der Waals surface area contributed by atoms with Gasteiger partial charge in [-0.05, 0) is 23.8 Å². The lowest BCUT2D eigenvalue weighted by Gasteiger charge is -2.28. The molecule has 0 bridgehead atoms. The number of carbonyl (C=O) groups is 1. The molecule has 7 nitrogen and oxygen atoms in total. The summed E-state index contributed by atoms with van der Waals surface area (Å²) in [5, 5.41) is 27.5. The minimum absolute atomic E-state index is 0.0323. The summed E-state index contributed by atoms with van der Waals surface area (Å²) < 4.78 is 4.58. The molecular formula is C17H23N3O4. The average Bonchev–Trinajstić information content (AvgIpc) is 2.58. The summed E-state index contributed by atoms with van der Waals surface area (Å²) >= 11 is 0. The van der Waals surface area contributed by atoms with Crippen molar-refractivity contribution in [3.63, 3.8) is 0 Å². The van der Waals surface area contributed by atoms with E-state index in [1.807, 2.05) is 42.1 Å². The minimum Gasteiger partial charge on any atom is -0.465 e. The first kappa shape index (κ1) is 19.5. The zero-order chi connectivity index (χ0) is 18.1. The number of rotatable bonds is 8. The third kappa shape index (κ3) is 4.98. The molecule has 0 amide bonds. The van der Waals surface area contributed by atoms with Gasteiger partial charge in [0.25, 0.3) is 0 Å². The number of carbonyl (C=O) groups excluding carboxylic acids is 1. The Bertz CT molecular complexity index is 629. The van der Waals surface area contributed by atoms with Crippen molar-refractivity contribution in [3.8, 4) is 6.07 Å². The number of hydrogen-bond acceptors (Lipinski definition) is 7. The van der Waals surface area contributed by atoms with Crippen LogP contribution in [0.5, 0.6) is 0 Å². The summed E-state index contributed by atoms with van der Waals surface area (Å²) in [5.41, 5.74) is 2.28. The van der Waals surface area contributed by atoms with Crippen LogP contribution in [-0.2, 0) is 9.53 Å². The summed E-state index contributed by atoms with van der Waals surface area (Å²) in [7, 11) is 4.96. The standard InChI is InChI=1S/C17H23N3O4/c1-19(2)16-11-13(10-14(12-18)17(23)24-3)4-5-15(16)20(6-8-21)7-9-22/h4-5,10-11,21-22H,6-9H2,1-3H3. The predicted molar refractivity (Wildman–Crippen MR) is 92.8 cm³/mol. The smallest absolute Gasteiger partial charge is 0.348 e. The van der Waals surface area contributed by atoms with Crippen molar-refractivity contribution in [2.75, 3.05) is 57.3 Å². The van der Waals surface area contributed by atoms with Crippen molar-refractivity contribution < 1.29 is 19.7 Å². The summed E-state index contributed by atoms with van der Waals surface area (Å²) in [6, 6.07) is 7.26. The van der Waals surface area contributed by atoms with E-state index < -0.39 is 5.97 Å². The molecule has 1 rings (SSSR count). The van der Waals surface area contributed by atoms with Gasteiger partial charge in [-0.3, -0.25) is 0 Å². The molecule has 0 aliphatic carbocycles. The molecule has 2 N–H and O–H groups in total. The van der Waals surface area contributed by atoms with Crippen LogP contribution in [0, 0.1) is 11.3 Å². The van der Waals surface area contributed by atoms with E-state index in [2.05, 4.69) is 4.74 Å². The van der Waals surface area contributed by atoms with Crippen LogP contribution in [0.3, 0.4) is 0 Å². The zero-order valence-corrected chi connectivity index (χ0v) is 14.2. The normalized spacial score (nSPS) is 10.9. The molecule has 0 heterocycles. The Balaban J connectivity index is 3.31. The molecular weight excluding hydrogens is 310 g/mol. The lowest BCUT2D eigenvalue weighted by atomic mass is 10.1. The molecule has 0 saturated heterocycles. The van der Waals surface area contributed by atoms with Crippen molar-refractivity contribution in [2.45, 2.75) is 0 Å². The summed E-state index contributed by atoms with van der Waals surface area (Å²) in [6.07, 6.45) is 1.46. The fraction of sp³-hybridized carbons (Fsp3) is 0.412. The topological polar surface area (TPSA) is 97.0 Å². The Morgan fingerprint density at radius 2 is 1.88 bits per heavy atom. The second-order valence-corrected chi connectivity index (χ2v) is 5.24. The number of anilines is 2. The number of hydrogen-bond donors (Lipinski definition) is 2. The molecule has 0 saturated carbocycles. The van der Waals surface area contributed by atoms with Gasteiger partial charge < -0.3 is 24.7 Å². The van der Waals surface area contributed by atoms with Crippen molar-refractivity contribution in [3.05, 3.63) is 29.3 Å². The molecule has 0 aromatic heterocycles. The number of aliphatic hydroxyl groups is 2. The number of methoxy groups -OCH3 is 1. The third-order valence-corrected chi connectivity index (χ3v) is 3.40. The number of ether oxygens (including phenoxy) is 1. The van der Waals surface area contributed by atoms with Gasteiger partial charge in [0, 0.05) is 27.2 Å². The highest BCUT2D eigenvalue weighted by atomic mass is 16.5. The van der Waals surface area contributed by atoms with Crippen LogP contribution >= 0.6 is 0 Å². The Morgan fingerprint density at radius 1 is 1.25 bits per heavy atom. The van der Waals surface area contributed by atoms with Crippen LogP contribution in [-0.4, -0.2) is 63.7 Å². The van der Waals surface area contributed by atoms with E-state index in [9.17, 15) is 15.0 Å². The van der Waals surface area contributed by atoms with Gasteiger partial charge in [-0.2, -0.15) is 5.26 Å². The lowest BCUT2D eigenvalue weighted by molar-refractivity contribution is -0.135. The Labute approximate surface area is 142 Å². The summed E-state index contributed by atoms with van der Waals surface area (Å²) in [4.78, 5) is 15.3. The number of benzene rings is 1. The molecule has 130 valence electrons. The Kier molecular flexibility index (Phi) is 7.75. The molecule has 1 aromatic rings. The second kappa shape index (κ2) is 9.55. The molecule has 0 fully saturated rings. The van der Waals surface area contributed by atoms with Crippen LogP contribution in [0.25, 0.3) is 6.08 Å². The number of nitrogens with zero attached hydrogens (tertiary/aromatic N) is 3. The van der Waals surface area contributed by atoms with Crippen molar-refractivity contribution >= 4 is 23.4 Å². The number of esters is 1. The summed E-state index contributed by atoms with van der Waals surface area (Å²) in [5.74, 6) is -0.685. The molecule has 0 aliphatic heterocycles. The van der Waals surface area contributed by atoms with Crippen LogP contribution in [0.15, 0.2) is 23.8 Å². The quantitative estimate of drug-likeness (QED) is 0.409. The fourth-order valence-corrected chi connectivity index (χ4v) is 2.26. The van der Waals surface area contributed by atoms with E-state index in [1.165, 1.54) is 13.2 Å². The first-order chi connectivity index (χ1) is 11.5. The van der Waals surface area contributed by atoms with Crippen molar-refractivity contribution in [1.29, 1.82) is 5.26 Å². The van der Waals surface area contributed by atoms with E-state index in [0.717, 1.165) is 11.4 Å². The molecule has 0 atom stereocenters. The van der Waals surface area contributed by atoms with E-state index in [-0.39, 0.29) is 18.8 Å². The second-order valence-electron chi connectivity index (χ2n) is 5.24. The van der Waals surface area contributed by atoms with Gasteiger partial charge >= 0.3 is 5.97 Å². The molecule has 24 heavy (non-hydrogen) atoms. The van der Waals surface area contributed by atoms with Gasteiger partial charge in [0.1, 0.15) is 11.6 Å². The molecule has 7 heteroatoms. The first-order valence-corrected chi connectivity index (χ1v) is 7.46. The highest BCUT2D eigenvalue weighted by Crippen LogP contribution is 2.30. The van der Waals surface area contributed by atoms with Gasteiger partial charge in [0.05, 0.1) is 31.7 Å². The van der Waals surface area contributed by atoms with Gasteiger partial charge in [-0.25, -0.2) is 4.79 Å². The van der Waals surface area contributed by atoms with Gasteiger partial charge in [0.15, 0.2) is 0 Å². The van der Waals surface area contributed by atoms with E-state index in [0.29, 0.717) is 18.7 Å². The van der Waals surface area contributed by atoms with E-state index >= 15 is 0 Å². The molecule has 1 aromatic carbocycles. The highest BCUT2D eigenvalue weighted by Gasteiger charge is 2.14. The third-order valence-electron chi connectivity index (χ3n) is 3.40. The van der Waals surface area contributed by atoms with Crippen molar-refractivity contribution in [1.82, 2.24) is 0 Å². The fourth-order valence-electron chi connectivity index (χ4n) is 2.26. The zero-order valence-electron chi connectivity index (χ0n) is 14.2. The maximum Gasteiger partial charge on any atom is 0.348 e. The van der Waals surface area contributed by atoms with E-state index in [4.69, 9.17) is 5.26 Å². The van der Waals surface area contributed by atoms with Crippen molar-refractivity contribution in [2.24, 2.45) is 0 Å². The SMILES string of the molecule is COC(=O)C(C#N)=Cc1ccc(N(CCO)CCO)c(N(C)C)c1. The average molecular weight is 333 g/mol. The summed E-state index contributed by atoms with van der Waals surface area (Å²) in [6.45, 7) is 0.718. The Morgan fingerprint density at radius 3 is 2.33 bits per heavy atom. The van der Waals surface area contributed by atoms with Gasteiger partial charge in [0.2, 0.25) is 0 Å². The number of nitriles is 1. The number of aliphatic hydroxyl groups excluding tert-OH is 2. The monoisotopic (exact) mass is 333 g/mol. The Hall–Kier alpha value is -2.56. The molecule has 0 unspecified atom stereocenters. The maximum absolute atomic E-state index is 11.5. The van der Waals surface area contributed by atoms with Crippen LogP contribution in [0.2, 0.25) is 0 Å².